The van der Waals surface area contributed by atoms with Crippen LogP contribution < -0.4 is 5.32 Å². The van der Waals surface area contributed by atoms with Crippen LogP contribution in [0.4, 0.5) is 10.1 Å². The molecule has 0 unspecified atom stereocenters. The van der Waals surface area contributed by atoms with Crippen LogP contribution in [0.1, 0.15) is 21.6 Å². The second kappa shape index (κ2) is 5.48. The second-order valence-electron chi connectivity index (χ2n) is 4.17. The highest BCUT2D eigenvalue weighted by atomic mass is 79.9. The fourth-order valence-electron chi connectivity index (χ4n) is 1.69. The number of nitrogens with one attached hydrogen (secondary N) is 1. The van der Waals surface area contributed by atoms with Gasteiger partial charge in [-0.25, -0.2) is 4.39 Å². The van der Waals surface area contributed by atoms with Crippen molar-refractivity contribution in [1.29, 1.82) is 0 Å². The van der Waals surface area contributed by atoms with E-state index in [0.717, 1.165) is 5.56 Å². The predicted molar refractivity (Wildman–Crippen MR) is 75.8 cm³/mol. The zero-order valence-corrected chi connectivity index (χ0v) is 12.1. The van der Waals surface area contributed by atoms with Crippen LogP contribution in [0, 0.1) is 19.7 Å². The van der Waals surface area contributed by atoms with Gasteiger partial charge in [-0.3, -0.25) is 9.78 Å². The van der Waals surface area contributed by atoms with Gasteiger partial charge in [-0.05, 0) is 59.6 Å². The van der Waals surface area contributed by atoms with Gasteiger partial charge in [-0.1, -0.05) is 0 Å². The Hall–Kier alpha value is -1.75. The normalized spacial score (nSPS) is 10.3. The molecule has 1 N–H and O–H groups in total. The van der Waals surface area contributed by atoms with Crippen LogP contribution in [-0.4, -0.2) is 10.9 Å². The van der Waals surface area contributed by atoms with Crippen LogP contribution >= 0.6 is 15.9 Å². The molecule has 0 spiro atoms. The monoisotopic (exact) mass is 322 g/mol. The largest absolute Gasteiger partial charge is 0.322 e. The number of aromatic nitrogens is 1. The first-order valence-corrected chi connectivity index (χ1v) is 6.47. The Morgan fingerprint density at radius 1 is 1.37 bits per heavy atom. The molecule has 98 valence electrons. The van der Waals surface area contributed by atoms with E-state index in [1.165, 1.54) is 6.07 Å². The lowest BCUT2D eigenvalue weighted by atomic mass is 10.1. The number of pyridine rings is 1. The van der Waals surface area contributed by atoms with Gasteiger partial charge < -0.3 is 5.32 Å². The molecular formula is C14H12BrFN2O. The number of aryl methyl sites for hydroxylation is 2. The van der Waals surface area contributed by atoms with Crippen molar-refractivity contribution in [3.05, 3.63) is 57.6 Å². The van der Waals surface area contributed by atoms with E-state index >= 15 is 0 Å². The average molecular weight is 323 g/mol. The number of benzene rings is 1. The molecule has 0 fully saturated rings. The number of carbonyl (C=O) groups is 1. The van der Waals surface area contributed by atoms with Crippen molar-refractivity contribution in [2.75, 3.05) is 5.32 Å². The summed E-state index contributed by atoms with van der Waals surface area (Å²) in [5.74, 6) is -0.709. The molecule has 2 rings (SSSR count). The third-order valence-electron chi connectivity index (χ3n) is 2.77. The van der Waals surface area contributed by atoms with Crippen molar-refractivity contribution >= 4 is 27.5 Å². The van der Waals surface area contributed by atoms with Crippen molar-refractivity contribution in [2.45, 2.75) is 13.8 Å². The van der Waals surface area contributed by atoms with E-state index in [0.29, 0.717) is 21.4 Å². The van der Waals surface area contributed by atoms with Crippen LogP contribution in [0.15, 0.2) is 34.9 Å². The van der Waals surface area contributed by atoms with E-state index in [2.05, 4.69) is 26.2 Å². The summed E-state index contributed by atoms with van der Waals surface area (Å²) in [6, 6.07) is 6.29. The van der Waals surface area contributed by atoms with E-state index in [9.17, 15) is 9.18 Å². The summed E-state index contributed by atoms with van der Waals surface area (Å²) in [6.45, 7) is 3.56. The predicted octanol–water partition coefficient (Wildman–Crippen LogP) is 3.85. The molecule has 0 saturated heterocycles. The first-order valence-electron chi connectivity index (χ1n) is 5.67. The van der Waals surface area contributed by atoms with Crippen molar-refractivity contribution in [3.8, 4) is 0 Å². The Labute approximate surface area is 119 Å². The van der Waals surface area contributed by atoms with Crippen LogP contribution in [0.25, 0.3) is 0 Å². The maximum Gasteiger partial charge on any atom is 0.257 e. The standard InChI is InChI=1S/C14H12BrFN2O/c1-8-6-11(15)12(16)7-13(8)18-14(19)10-4-3-5-17-9(10)2/h3-7H,1-2H3,(H,18,19). The molecule has 0 aliphatic rings. The van der Waals surface area contributed by atoms with Gasteiger partial charge in [0.15, 0.2) is 0 Å². The minimum absolute atomic E-state index is 0.296. The SMILES string of the molecule is Cc1cc(Br)c(F)cc1NC(=O)c1cccnc1C. The fraction of sp³-hybridized carbons (Fsp3) is 0.143. The first-order chi connectivity index (χ1) is 8.99. The van der Waals surface area contributed by atoms with Crippen molar-refractivity contribution in [2.24, 2.45) is 0 Å². The van der Waals surface area contributed by atoms with Crippen LogP contribution in [0.3, 0.4) is 0 Å². The zero-order valence-electron chi connectivity index (χ0n) is 10.5. The Morgan fingerprint density at radius 3 is 2.79 bits per heavy atom. The van der Waals surface area contributed by atoms with Gasteiger partial charge >= 0.3 is 0 Å². The lowest BCUT2D eigenvalue weighted by Crippen LogP contribution is -2.15. The molecule has 1 aromatic carbocycles. The maximum atomic E-state index is 13.5. The number of carbonyl (C=O) groups excluding carboxylic acids is 1. The molecule has 0 saturated carbocycles. The summed E-state index contributed by atoms with van der Waals surface area (Å²) in [7, 11) is 0. The zero-order chi connectivity index (χ0) is 14.0. The number of nitrogens with zero attached hydrogens (tertiary/aromatic N) is 1. The lowest BCUT2D eigenvalue weighted by Gasteiger charge is -2.10. The number of halogens is 2. The first kappa shape index (κ1) is 13.7. The van der Waals surface area contributed by atoms with E-state index < -0.39 is 5.82 Å². The van der Waals surface area contributed by atoms with Crippen LogP contribution in [0.5, 0.6) is 0 Å². The molecule has 1 heterocycles. The quantitative estimate of drug-likeness (QED) is 0.912. The molecule has 0 atom stereocenters. The fourth-order valence-corrected chi connectivity index (χ4v) is 2.15. The van der Waals surface area contributed by atoms with Crippen LogP contribution in [0.2, 0.25) is 0 Å². The van der Waals surface area contributed by atoms with Crippen molar-refractivity contribution in [3.63, 3.8) is 0 Å². The Balaban J connectivity index is 2.30. The molecule has 19 heavy (non-hydrogen) atoms. The summed E-state index contributed by atoms with van der Waals surface area (Å²) >= 11 is 3.11. The number of amides is 1. The molecule has 3 nitrogen and oxygen atoms in total. The maximum absolute atomic E-state index is 13.5. The molecule has 1 amide bonds. The van der Waals surface area contributed by atoms with Gasteiger partial charge in [0, 0.05) is 17.6 Å². The summed E-state index contributed by atoms with van der Waals surface area (Å²) in [4.78, 5) is 16.2. The number of hydrogen-bond donors (Lipinski definition) is 1. The summed E-state index contributed by atoms with van der Waals surface area (Å²) < 4.78 is 13.9. The van der Waals surface area contributed by atoms with Gasteiger partial charge in [-0.2, -0.15) is 0 Å². The van der Waals surface area contributed by atoms with Crippen molar-refractivity contribution < 1.29 is 9.18 Å². The number of anilines is 1. The number of rotatable bonds is 2. The molecule has 1 aromatic heterocycles. The minimum atomic E-state index is -0.413. The van der Waals surface area contributed by atoms with E-state index in [-0.39, 0.29) is 5.91 Å². The Kier molecular flexibility index (Phi) is 3.95. The highest BCUT2D eigenvalue weighted by Crippen LogP contribution is 2.24. The van der Waals surface area contributed by atoms with Crippen LogP contribution in [-0.2, 0) is 0 Å². The highest BCUT2D eigenvalue weighted by Gasteiger charge is 2.12. The third kappa shape index (κ3) is 2.98. The average Bonchev–Trinajstić information content (AvgIpc) is 2.36. The van der Waals surface area contributed by atoms with Gasteiger partial charge in [0.1, 0.15) is 5.82 Å². The molecule has 0 bridgehead atoms. The van der Waals surface area contributed by atoms with Gasteiger partial charge in [0.05, 0.1) is 10.0 Å². The highest BCUT2D eigenvalue weighted by molar-refractivity contribution is 9.10. The van der Waals surface area contributed by atoms with Gasteiger partial charge in [0.25, 0.3) is 5.91 Å². The van der Waals surface area contributed by atoms with Gasteiger partial charge in [-0.15, -0.1) is 0 Å². The van der Waals surface area contributed by atoms with E-state index in [1.807, 2.05) is 0 Å². The lowest BCUT2D eigenvalue weighted by molar-refractivity contribution is 0.102. The smallest absolute Gasteiger partial charge is 0.257 e. The van der Waals surface area contributed by atoms with E-state index in [4.69, 9.17) is 0 Å². The topological polar surface area (TPSA) is 42.0 Å². The van der Waals surface area contributed by atoms with E-state index in [1.54, 1.807) is 38.2 Å². The van der Waals surface area contributed by atoms with Crippen molar-refractivity contribution in [1.82, 2.24) is 4.98 Å². The summed E-state index contributed by atoms with van der Waals surface area (Å²) in [5.41, 5.74) is 2.34. The molecule has 2 aromatic rings. The van der Waals surface area contributed by atoms with Gasteiger partial charge in [0.2, 0.25) is 0 Å². The Morgan fingerprint density at radius 2 is 2.11 bits per heavy atom. The molecule has 0 radical (unpaired) electrons. The molecule has 5 heteroatoms. The molecule has 0 aliphatic carbocycles. The minimum Gasteiger partial charge on any atom is -0.322 e. The Bertz CT molecular complexity index is 643. The summed E-state index contributed by atoms with van der Waals surface area (Å²) in [5, 5.41) is 2.70. The number of hydrogen-bond acceptors (Lipinski definition) is 2. The second-order valence-corrected chi connectivity index (χ2v) is 5.03. The molecule has 0 aliphatic heterocycles. The molecular weight excluding hydrogens is 311 g/mol. The third-order valence-corrected chi connectivity index (χ3v) is 3.37. The summed E-state index contributed by atoms with van der Waals surface area (Å²) in [6.07, 6.45) is 1.62.